The molecule has 0 fully saturated rings. The number of benzene rings is 1. The fourth-order valence-corrected chi connectivity index (χ4v) is 2.82. The number of hydrogen-bond acceptors (Lipinski definition) is 2. The van der Waals surface area contributed by atoms with Crippen molar-refractivity contribution in [3.63, 3.8) is 0 Å². The second-order valence-electron chi connectivity index (χ2n) is 5.11. The van der Waals surface area contributed by atoms with Gasteiger partial charge in [0.1, 0.15) is 5.02 Å². The van der Waals surface area contributed by atoms with Crippen LogP contribution in [0.3, 0.4) is 0 Å². The zero-order chi connectivity index (χ0) is 17.5. The van der Waals surface area contributed by atoms with E-state index in [1.807, 2.05) is 0 Å². The van der Waals surface area contributed by atoms with Crippen molar-refractivity contribution in [3.8, 4) is 0 Å². The van der Waals surface area contributed by atoms with E-state index in [1.165, 1.54) is 0 Å². The SMILES string of the molecule is O=c1c(Cl)cc(C(F)(F)F)cn1Cc1ccc(Cl)c2cccnc12. The molecule has 0 amide bonds. The molecule has 0 bridgehead atoms. The fraction of sp³-hybridized carbons (Fsp3) is 0.125. The smallest absolute Gasteiger partial charge is 0.309 e. The number of halogens is 5. The Labute approximate surface area is 144 Å². The maximum absolute atomic E-state index is 12.9. The summed E-state index contributed by atoms with van der Waals surface area (Å²) >= 11 is 11.8. The summed E-state index contributed by atoms with van der Waals surface area (Å²) in [5.74, 6) is 0. The fourth-order valence-electron chi connectivity index (χ4n) is 2.38. The molecule has 2 heterocycles. The Hall–Kier alpha value is -2.05. The van der Waals surface area contributed by atoms with Crippen LogP contribution >= 0.6 is 23.2 Å². The Balaban J connectivity index is 2.15. The van der Waals surface area contributed by atoms with Gasteiger partial charge in [0.2, 0.25) is 0 Å². The topological polar surface area (TPSA) is 34.9 Å². The van der Waals surface area contributed by atoms with Crippen molar-refractivity contribution in [1.29, 1.82) is 0 Å². The van der Waals surface area contributed by atoms with E-state index in [-0.39, 0.29) is 6.54 Å². The van der Waals surface area contributed by atoms with Gasteiger partial charge in [-0.05, 0) is 29.8 Å². The molecule has 0 unspecified atom stereocenters. The standard InChI is InChI=1S/C16H9Cl2F3N2O/c17-12-4-3-9(14-11(12)2-1-5-22-14)7-23-8-10(16(19,20)21)6-13(18)15(23)24/h1-6,8H,7H2. The molecule has 3 aromatic rings. The van der Waals surface area contributed by atoms with Gasteiger partial charge in [0.05, 0.1) is 17.6 Å². The molecular weight excluding hydrogens is 364 g/mol. The van der Waals surface area contributed by atoms with Crippen LogP contribution in [0.4, 0.5) is 13.2 Å². The van der Waals surface area contributed by atoms with Crippen LogP contribution in [0.25, 0.3) is 10.9 Å². The molecule has 3 rings (SSSR count). The summed E-state index contributed by atoms with van der Waals surface area (Å²) < 4.78 is 39.7. The van der Waals surface area contributed by atoms with E-state index < -0.39 is 22.3 Å². The molecule has 0 aliphatic carbocycles. The Bertz CT molecular complexity index is 983. The highest BCUT2D eigenvalue weighted by Gasteiger charge is 2.32. The highest BCUT2D eigenvalue weighted by Crippen LogP contribution is 2.30. The minimum Gasteiger partial charge on any atom is -0.309 e. The summed E-state index contributed by atoms with van der Waals surface area (Å²) in [6.45, 7) is -0.104. The summed E-state index contributed by atoms with van der Waals surface area (Å²) in [4.78, 5) is 16.3. The van der Waals surface area contributed by atoms with Gasteiger partial charge in [0.15, 0.2) is 0 Å². The maximum atomic E-state index is 12.9. The van der Waals surface area contributed by atoms with Gasteiger partial charge in [-0.15, -0.1) is 0 Å². The maximum Gasteiger partial charge on any atom is 0.417 e. The molecule has 1 aromatic carbocycles. The van der Waals surface area contributed by atoms with E-state index in [0.717, 1.165) is 10.8 Å². The van der Waals surface area contributed by atoms with Crippen molar-refractivity contribution in [2.24, 2.45) is 0 Å². The molecule has 0 spiro atoms. The largest absolute Gasteiger partial charge is 0.417 e. The first-order valence-corrected chi connectivity index (χ1v) is 7.52. The van der Waals surface area contributed by atoms with Crippen molar-refractivity contribution < 1.29 is 13.2 Å². The molecule has 2 aromatic heterocycles. The number of fused-ring (bicyclic) bond motifs is 1. The molecular formula is C16H9Cl2F3N2O. The van der Waals surface area contributed by atoms with E-state index in [1.54, 1.807) is 30.5 Å². The first-order chi connectivity index (χ1) is 11.3. The predicted molar refractivity (Wildman–Crippen MR) is 86.6 cm³/mol. The zero-order valence-electron chi connectivity index (χ0n) is 11.9. The lowest BCUT2D eigenvalue weighted by Crippen LogP contribution is -2.23. The van der Waals surface area contributed by atoms with E-state index in [0.29, 0.717) is 27.6 Å². The lowest BCUT2D eigenvalue weighted by molar-refractivity contribution is -0.138. The third-order valence-corrected chi connectivity index (χ3v) is 4.11. The molecule has 0 N–H and O–H groups in total. The molecule has 0 aliphatic heterocycles. The molecule has 124 valence electrons. The number of aromatic nitrogens is 2. The normalized spacial score (nSPS) is 11.9. The van der Waals surface area contributed by atoms with Crippen molar-refractivity contribution >= 4 is 34.1 Å². The zero-order valence-corrected chi connectivity index (χ0v) is 13.5. The molecule has 3 nitrogen and oxygen atoms in total. The third kappa shape index (κ3) is 3.12. The molecule has 0 saturated heterocycles. The van der Waals surface area contributed by atoms with Gasteiger partial charge in [0.25, 0.3) is 5.56 Å². The molecule has 0 saturated carbocycles. The van der Waals surface area contributed by atoms with Crippen molar-refractivity contribution in [1.82, 2.24) is 9.55 Å². The Morgan fingerprint density at radius 2 is 1.88 bits per heavy atom. The van der Waals surface area contributed by atoms with Crippen molar-refractivity contribution in [2.45, 2.75) is 12.7 Å². The van der Waals surface area contributed by atoms with Gasteiger partial charge in [-0.25, -0.2) is 0 Å². The minimum absolute atomic E-state index is 0.104. The van der Waals surface area contributed by atoms with E-state index >= 15 is 0 Å². The Morgan fingerprint density at radius 3 is 2.58 bits per heavy atom. The van der Waals surface area contributed by atoms with Gasteiger partial charge in [-0.3, -0.25) is 9.78 Å². The summed E-state index contributed by atoms with van der Waals surface area (Å²) in [6, 6.07) is 7.30. The van der Waals surface area contributed by atoms with Crippen molar-refractivity contribution in [3.05, 3.63) is 74.3 Å². The molecule has 8 heteroatoms. The van der Waals surface area contributed by atoms with Gasteiger partial charge < -0.3 is 4.57 Å². The summed E-state index contributed by atoms with van der Waals surface area (Å²) in [6.07, 6.45) is -2.30. The van der Waals surface area contributed by atoms with Crippen LogP contribution in [0.5, 0.6) is 0 Å². The average Bonchev–Trinajstić information content (AvgIpc) is 2.53. The van der Waals surface area contributed by atoms with Gasteiger partial charge >= 0.3 is 6.18 Å². The van der Waals surface area contributed by atoms with Crippen LogP contribution in [0.1, 0.15) is 11.1 Å². The predicted octanol–water partition coefficient (Wildman–Crippen LogP) is 4.77. The van der Waals surface area contributed by atoms with Crippen LogP contribution in [-0.4, -0.2) is 9.55 Å². The highest BCUT2D eigenvalue weighted by molar-refractivity contribution is 6.35. The number of rotatable bonds is 2. The Kier molecular flexibility index (Phi) is 4.27. The molecule has 0 radical (unpaired) electrons. The molecule has 0 atom stereocenters. The van der Waals surface area contributed by atoms with E-state index in [4.69, 9.17) is 23.2 Å². The van der Waals surface area contributed by atoms with Crippen LogP contribution in [-0.2, 0) is 12.7 Å². The van der Waals surface area contributed by atoms with Gasteiger partial charge in [-0.2, -0.15) is 13.2 Å². The average molecular weight is 373 g/mol. The van der Waals surface area contributed by atoms with Crippen LogP contribution in [0.15, 0.2) is 47.5 Å². The van der Waals surface area contributed by atoms with Gasteiger partial charge in [0, 0.05) is 22.8 Å². The van der Waals surface area contributed by atoms with Crippen molar-refractivity contribution in [2.75, 3.05) is 0 Å². The quantitative estimate of drug-likeness (QED) is 0.649. The number of alkyl halides is 3. The van der Waals surface area contributed by atoms with Gasteiger partial charge in [-0.1, -0.05) is 29.3 Å². The lowest BCUT2D eigenvalue weighted by atomic mass is 10.1. The monoisotopic (exact) mass is 372 g/mol. The second kappa shape index (κ2) is 6.11. The van der Waals surface area contributed by atoms with Crippen LogP contribution < -0.4 is 5.56 Å². The minimum atomic E-state index is -4.60. The summed E-state index contributed by atoms with van der Waals surface area (Å²) in [5.41, 5.74) is -0.611. The van der Waals surface area contributed by atoms with E-state index in [9.17, 15) is 18.0 Å². The number of hydrogen-bond donors (Lipinski definition) is 0. The summed E-state index contributed by atoms with van der Waals surface area (Å²) in [5, 5.41) is 0.634. The molecule has 0 aliphatic rings. The Morgan fingerprint density at radius 1 is 1.12 bits per heavy atom. The first kappa shape index (κ1) is 16.8. The lowest BCUT2D eigenvalue weighted by Gasteiger charge is -2.13. The number of nitrogens with zero attached hydrogens (tertiary/aromatic N) is 2. The summed E-state index contributed by atoms with van der Waals surface area (Å²) in [7, 11) is 0. The molecule has 24 heavy (non-hydrogen) atoms. The number of pyridine rings is 2. The second-order valence-corrected chi connectivity index (χ2v) is 5.93. The highest BCUT2D eigenvalue weighted by atomic mass is 35.5. The third-order valence-electron chi connectivity index (χ3n) is 3.51. The van der Waals surface area contributed by atoms with Crippen LogP contribution in [0.2, 0.25) is 10.0 Å². The first-order valence-electron chi connectivity index (χ1n) is 6.76. The van der Waals surface area contributed by atoms with E-state index in [2.05, 4.69) is 4.98 Å². The van der Waals surface area contributed by atoms with Crippen LogP contribution in [0, 0.1) is 0 Å².